The number of amides is 1. The van der Waals surface area contributed by atoms with Crippen molar-refractivity contribution < 1.29 is 17.9 Å². The highest BCUT2D eigenvalue weighted by Gasteiger charge is 2.28. The molecule has 1 aliphatic rings. The van der Waals surface area contributed by atoms with E-state index in [9.17, 15) is 13.2 Å². The van der Waals surface area contributed by atoms with E-state index >= 15 is 0 Å². The quantitative estimate of drug-likeness (QED) is 0.886. The Balaban J connectivity index is 2.38. The minimum Gasteiger partial charge on any atom is -0.495 e. The van der Waals surface area contributed by atoms with E-state index in [-0.39, 0.29) is 16.6 Å². The van der Waals surface area contributed by atoms with E-state index in [1.165, 1.54) is 19.2 Å². The molecule has 1 N–H and O–H groups in total. The van der Waals surface area contributed by atoms with Gasteiger partial charge >= 0.3 is 0 Å². The van der Waals surface area contributed by atoms with Crippen LogP contribution in [-0.4, -0.2) is 45.0 Å². The van der Waals surface area contributed by atoms with Gasteiger partial charge in [0.25, 0.3) is 5.91 Å². The summed E-state index contributed by atoms with van der Waals surface area (Å²) in [5.41, 5.74) is -0.268. The van der Waals surface area contributed by atoms with Gasteiger partial charge < -0.3 is 9.64 Å². The van der Waals surface area contributed by atoms with Crippen LogP contribution in [0.3, 0.4) is 0 Å². The van der Waals surface area contributed by atoms with E-state index in [1.807, 2.05) is 0 Å². The maximum atomic E-state index is 12.8. The number of nitrogens with zero attached hydrogens (tertiary/aromatic N) is 1. The number of piperidine rings is 1. The summed E-state index contributed by atoms with van der Waals surface area (Å²) in [5, 5.41) is 0. The van der Waals surface area contributed by atoms with Crippen molar-refractivity contribution in [1.29, 1.82) is 0 Å². The molecule has 0 aromatic heterocycles. The number of likely N-dealkylation sites (tertiary alicyclic amines) is 1. The van der Waals surface area contributed by atoms with Crippen LogP contribution >= 0.6 is 0 Å². The van der Waals surface area contributed by atoms with Crippen LogP contribution in [-0.2, 0) is 10.0 Å². The Kier molecular flexibility index (Phi) is 5.79. The molecular weight excluding hydrogens is 340 g/mol. The van der Waals surface area contributed by atoms with Crippen molar-refractivity contribution in [3.05, 3.63) is 23.8 Å². The highest BCUT2D eigenvalue weighted by Crippen LogP contribution is 2.27. The molecule has 1 aromatic carbocycles. The molecule has 0 saturated carbocycles. The molecule has 0 bridgehead atoms. The number of sulfonamides is 1. The van der Waals surface area contributed by atoms with Crippen LogP contribution in [0.4, 0.5) is 0 Å². The van der Waals surface area contributed by atoms with Crippen molar-refractivity contribution >= 4 is 15.9 Å². The van der Waals surface area contributed by atoms with Crippen LogP contribution in [0.2, 0.25) is 0 Å². The fraction of sp³-hybridized carbons (Fsp3) is 0.611. The van der Waals surface area contributed by atoms with Crippen molar-refractivity contribution in [3.8, 4) is 5.75 Å². The van der Waals surface area contributed by atoms with Gasteiger partial charge in [0.05, 0.1) is 7.11 Å². The second kappa shape index (κ2) is 7.33. The monoisotopic (exact) mass is 368 g/mol. The van der Waals surface area contributed by atoms with E-state index in [2.05, 4.69) is 11.6 Å². The van der Waals surface area contributed by atoms with Crippen LogP contribution in [0.5, 0.6) is 5.75 Å². The van der Waals surface area contributed by atoms with Gasteiger partial charge in [0.1, 0.15) is 10.6 Å². The first kappa shape index (κ1) is 19.7. The van der Waals surface area contributed by atoms with Gasteiger partial charge in [0.2, 0.25) is 10.0 Å². The zero-order valence-corrected chi connectivity index (χ0v) is 16.4. The van der Waals surface area contributed by atoms with E-state index in [4.69, 9.17) is 4.74 Å². The molecule has 1 aromatic rings. The third-order valence-corrected chi connectivity index (χ3v) is 5.86. The number of carbonyl (C=O) groups excluding carboxylic acids is 1. The Labute approximate surface area is 150 Å². The Morgan fingerprint density at radius 3 is 2.56 bits per heavy atom. The van der Waals surface area contributed by atoms with E-state index in [0.717, 1.165) is 12.8 Å². The summed E-state index contributed by atoms with van der Waals surface area (Å²) in [6.07, 6.45) is 2.08. The smallest absolute Gasteiger partial charge is 0.253 e. The van der Waals surface area contributed by atoms with Gasteiger partial charge in [-0.2, -0.15) is 0 Å². The van der Waals surface area contributed by atoms with Gasteiger partial charge in [-0.15, -0.1) is 0 Å². The minimum absolute atomic E-state index is 0.0131. The Bertz CT molecular complexity index is 738. The van der Waals surface area contributed by atoms with E-state index in [1.54, 1.807) is 31.7 Å². The van der Waals surface area contributed by atoms with E-state index < -0.39 is 15.6 Å². The molecule has 1 atom stereocenters. The molecule has 6 nitrogen and oxygen atoms in total. The second-order valence-corrected chi connectivity index (χ2v) is 9.37. The van der Waals surface area contributed by atoms with E-state index in [0.29, 0.717) is 24.6 Å². The van der Waals surface area contributed by atoms with Crippen molar-refractivity contribution in [2.45, 2.75) is 51.0 Å². The number of nitrogens with one attached hydrogen (secondary N) is 1. The molecule has 2 rings (SSSR count). The molecule has 25 heavy (non-hydrogen) atoms. The lowest BCUT2D eigenvalue weighted by atomic mass is 9.99. The van der Waals surface area contributed by atoms with Crippen molar-refractivity contribution in [2.24, 2.45) is 5.92 Å². The topological polar surface area (TPSA) is 75.7 Å². The molecule has 1 unspecified atom stereocenters. The molecule has 1 heterocycles. The number of hydrogen-bond donors (Lipinski definition) is 1. The number of carbonyl (C=O) groups is 1. The van der Waals surface area contributed by atoms with Gasteiger partial charge in [0, 0.05) is 24.2 Å². The third-order valence-electron chi connectivity index (χ3n) is 4.08. The largest absolute Gasteiger partial charge is 0.495 e. The lowest BCUT2D eigenvalue weighted by Gasteiger charge is -2.31. The summed E-state index contributed by atoms with van der Waals surface area (Å²) >= 11 is 0. The van der Waals surface area contributed by atoms with Gasteiger partial charge in [-0.05, 0) is 57.7 Å². The number of rotatable bonds is 4. The van der Waals surface area contributed by atoms with Crippen LogP contribution < -0.4 is 9.46 Å². The normalized spacial score (nSPS) is 18.9. The molecule has 7 heteroatoms. The minimum atomic E-state index is -3.80. The first-order valence-electron chi connectivity index (χ1n) is 8.55. The Morgan fingerprint density at radius 1 is 1.32 bits per heavy atom. The summed E-state index contributed by atoms with van der Waals surface area (Å²) in [6, 6.07) is 4.57. The average molecular weight is 368 g/mol. The Morgan fingerprint density at radius 2 is 2.00 bits per heavy atom. The van der Waals surface area contributed by atoms with Crippen LogP contribution in [0.25, 0.3) is 0 Å². The molecule has 1 fully saturated rings. The molecule has 1 aliphatic heterocycles. The highest BCUT2D eigenvalue weighted by atomic mass is 32.2. The summed E-state index contributed by atoms with van der Waals surface area (Å²) in [4.78, 5) is 14.6. The number of hydrogen-bond acceptors (Lipinski definition) is 4. The van der Waals surface area contributed by atoms with Gasteiger partial charge in [-0.3, -0.25) is 4.79 Å². The number of benzene rings is 1. The first-order chi connectivity index (χ1) is 11.5. The van der Waals surface area contributed by atoms with Crippen LogP contribution in [0.15, 0.2) is 23.1 Å². The van der Waals surface area contributed by atoms with Crippen molar-refractivity contribution in [2.75, 3.05) is 20.2 Å². The maximum Gasteiger partial charge on any atom is 0.253 e. The second-order valence-electron chi connectivity index (χ2n) is 7.72. The molecule has 1 saturated heterocycles. The van der Waals surface area contributed by atoms with Crippen molar-refractivity contribution in [3.63, 3.8) is 0 Å². The summed E-state index contributed by atoms with van der Waals surface area (Å²) in [6.45, 7) is 8.82. The van der Waals surface area contributed by atoms with Gasteiger partial charge in [-0.25, -0.2) is 13.1 Å². The standard InChI is InChI=1S/C18H28N2O4S/c1-13-7-6-10-20(12-13)17(21)14-8-9-15(24-5)16(11-14)25(22,23)19-18(2,3)4/h8-9,11,13,19H,6-7,10,12H2,1-5H3. The summed E-state index contributed by atoms with van der Waals surface area (Å²) in [7, 11) is -2.39. The van der Waals surface area contributed by atoms with Crippen LogP contribution in [0, 0.1) is 5.92 Å². The fourth-order valence-electron chi connectivity index (χ4n) is 3.03. The first-order valence-corrected chi connectivity index (χ1v) is 10.0. The predicted molar refractivity (Wildman–Crippen MR) is 97.4 cm³/mol. The molecule has 140 valence electrons. The lowest BCUT2D eigenvalue weighted by Crippen LogP contribution is -2.41. The van der Waals surface area contributed by atoms with Crippen LogP contribution in [0.1, 0.15) is 50.9 Å². The molecule has 0 aliphatic carbocycles. The summed E-state index contributed by atoms with van der Waals surface area (Å²) in [5.74, 6) is 0.545. The SMILES string of the molecule is COc1ccc(C(=O)N2CCCC(C)C2)cc1S(=O)(=O)NC(C)(C)C. The third kappa shape index (κ3) is 4.95. The molecule has 0 radical (unpaired) electrons. The zero-order valence-electron chi connectivity index (χ0n) is 15.6. The van der Waals surface area contributed by atoms with Gasteiger partial charge in [-0.1, -0.05) is 6.92 Å². The molecule has 0 spiro atoms. The average Bonchev–Trinajstić information content (AvgIpc) is 2.51. The lowest BCUT2D eigenvalue weighted by molar-refractivity contribution is 0.0682. The fourth-order valence-corrected chi connectivity index (χ4v) is 4.65. The zero-order chi connectivity index (χ0) is 18.8. The molecular formula is C18H28N2O4S. The predicted octanol–water partition coefficient (Wildman–Crippen LogP) is 2.64. The maximum absolute atomic E-state index is 12.8. The number of methoxy groups -OCH3 is 1. The summed E-state index contributed by atoms with van der Waals surface area (Å²) < 4.78 is 33.2. The van der Waals surface area contributed by atoms with Crippen molar-refractivity contribution in [1.82, 2.24) is 9.62 Å². The molecule has 1 amide bonds. The van der Waals surface area contributed by atoms with Gasteiger partial charge in [0.15, 0.2) is 0 Å². The highest BCUT2D eigenvalue weighted by molar-refractivity contribution is 7.89. The number of ether oxygens (including phenoxy) is 1. The Hall–Kier alpha value is -1.60.